The summed E-state index contributed by atoms with van der Waals surface area (Å²) in [6, 6.07) is 0. The molecule has 0 aliphatic rings. The van der Waals surface area contributed by atoms with E-state index in [4.69, 9.17) is 0 Å². The number of carbonyl (C=O) groups is 1. The molecule has 0 atom stereocenters. The van der Waals surface area contributed by atoms with E-state index in [9.17, 15) is 4.79 Å². The molecule has 13 heavy (non-hydrogen) atoms. The Hall–Kier alpha value is -0.570. The van der Waals surface area contributed by atoms with E-state index < -0.39 is 0 Å². The Labute approximate surface area is 80.8 Å². The van der Waals surface area contributed by atoms with Crippen LogP contribution >= 0.6 is 0 Å². The minimum absolute atomic E-state index is 0.0676. The molecule has 0 saturated heterocycles. The van der Waals surface area contributed by atoms with E-state index in [1.54, 1.807) is 0 Å². The number of hydrogen-bond acceptors (Lipinski definition) is 3. The van der Waals surface area contributed by atoms with E-state index in [0.717, 1.165) is 19.4 Å². The molecule has 1 N–H and O–H groups in total. The minimum Gasteiger partial charge on any atom is -0.469 e. The molecule has 0 rings (SSSR count). The van der Waals surface area contributed by atoms with Crippen LogP contribution in [0.3, 0.4) is 0 Å². The molecule has 0 aliphatic carbocycles. The summed E-state index contributed by atoms with van der Waals surface area (Å²) in [5.74, 6) is -0.135. The lowest BCUT2D eigenvalue weighted by Crippen LogP contribution is -2.46. The number of esters is 1. The van der Waals surface area contributed by atoms with E-state index in [1.807, 2.05) is 0 Å². The van der Waals surface area contributed by atoms with Gasteiger partial charge in [0.25, 0.3) is 0 Å². The van der Waals surface area contributed by atoms with Crippen molar-refractivity contribution in [1.82, 2.24) is 5.32 Å². The molecule has 0 amide bonds. The quantitative estimate of drug-likeness (QED) is 0.643. The monoisotopic (exact) mass is 187 g/mol. The van der Waals surface area contributed by atoms with E-state index in [0.29, 0.717) is 6.42 Å². The van der Waals surface area contributed by atoms with Gasteiger partial charge in [0, 0.05) is 5.54 Å². The molecule has 0 unspecified atom stereocenters. The van der Waals surface area contributed by atoms with Crippen LogP contribution in [0.2, 0.25) is 0 Å². The highest BCUT2D eigenvalue weighted by molar-refractivity contribution is 5.70. The number of ether oxygens (including phenoxy) is 1. The number of methoxy groups -OCH3 is 1. The zero-order chi connectivity index (χ0) is 10.3. The lowest BCUT2D eigenvalue weighted by atomic mass is 9.89. The second-order valence-electron chi connectivity index (χ2n) is 3.27. The molecule has 0 heterocycles. The Bertz CT molecular complexity index is 153. The molecule has 0 spiro atoms. The zero-order valence-electron chi connectivity index (χ0n) is 9.14. The van der Waals surface area contributed by atoms with Crippen LogP contribution in [0.4, 0.5) is 0 Å². The summed E-state index contributed by atoms with van der Waals surface area (Å²) in [6.45, 7) is 7.13. The summed E-state index contributed by atoms with van der Waals surface area (Å²) in [7, 11) is 1.43. The molecular weight excluding hydrogens is 166 g/mol. The molecule has 3 nitrogen and oxygen atoms in total. The highest BCUT2D eigenvalue weighted by Gasteiger charge is 2.28. The van der Waals surface area contributed by atoms with Crippen molar-refractivity contribution in [3.8, 4) is 0 Å². The molecule has 3 heteroatoms. The van der Waals surface area contributed by atoms with Crippen LogP contribution in [0.15, 0.2) is 0 Å². The second-order valence-corrected chi connectivity index (χ2v) is 3.27. The fourth-order valence-electron chi connectivity index (χ4n) is 1.54. The number of carbonyl (C=O) groups excluding carboxylic acids is 1. The van der Waals surface area contributed by atoms with Crippen molar-refractivity contribution in [2.75, 3.05) is 13.7 Å². The maximum atomic E-state index is 11.2. The molecule has 78 valence electrons. The Kier molecular flexibility index (Phi) is 5.71. The van der Waals surface area contributed by atoms with Crippen LogP contribution in [0.5, 0.6) is 0 Å². The number of hydrogen-bond donors (Lipinski definition) is 1. The first-order valence-electron chi connectivity index (χ1n) is 4.96. The van der Waals surface area contributed by atoms with Crippen LogP contribution in [0, 0.1) is 0 Å². The highest BCUT2D eigenvalue weighted by atomic mass is 16.5. The highest BCUT2D eigenvalue weighted by Crippen LogP contribution is 2.19. The van der Waals surface area contributed by atoms with Crippen molar-refractivity contribution in [3.05, 3.63) is 0 Å². The van der Waals surface area contributed by atoms with Crippen molar-refractivity contribution in [1.29, 1.82) is 0 Å². The Morgan fingerprint density at radius 1 is 1.31 bits per heavy atom. The van der Waals surface area contributed by atoms with Crippen molar-refractivity contribution >= 4 is 5.97 Å². The van der Waals surface area contributed by atoms with Gasteiger partial charge in [0.05, 0.1) is 13.5 Å². The van der Waals surface area contributed by atoms with Crippen LogP contribution in [0.1, 0.15) is 40.0 Å². The standard InChI is InChI=1S/C10H21NO2/c1-5-10(6-2,11-7-3)8-9(12)13-4/h11H,5-8H2,1-4H3. The fourth-order valence-corrected chi connectivity index (χ4v) is 1.54. The molecule has 0 saturated carbocycles. The maximum absolute atomic E-state index is 11.2. The van der Waals surface area contributed by atoms with Gasteiger partial charge in [-0.05, 0) is 19.4 Å². The SMILES string of the molecule is CCNC(CC)(CC)CC(=O)OC. The lowest BCUT2D eigenvalue weighted by molar-refractivity contribution is -0.142. The largest absolute Gasteiger partial charge is 0.469 e. The summed E-state index contributed by atoms with van der Waals surface area (Å²) in [4.78, 5) is 11.2. The van der Waals surface area contributed by atoms with Gasteiger partial charge in [0.1, 0.15) is 0 Å². The Morgan fingerprint density at radius 3 is 2.15 bits per heavy atom. The van der Waals surface area contributed by atoms with Gasteiger partial charge in [-0.25, -0.2) is 0 Å². The van der Waals surface area contributed by atoms with Crippen LogP contribution < -0.4 is 5.32 Å². The fraction of sp³-hybridized carbons (Fsp3) is 0.900. The number of rotatable bonds is 6. The third-order valence-electron chi connectivity index (χ3n) is 2.62. The summed E-state index contributed by atoms with van der Waals surface area (Å²) >= 11 is 0. The first-order chi connectivity index (χ1) is 6.14. The predicted molar refractivity (Wildman–Crippen MR) is 53.6 cm³/mol. The average Bonchev–Trinajstić information content (AvgIpc) is 2.17. The normalized spacial score (nSPS) is 11.4. The van der Waals surface area contributed by atoms with Gasteiger partial charge < -0.3 is 10.1 Å². The van der Waals surface area contributed by atoms with Crippen molar-refractivity contribution < 1.29 is 9.53 Å². The van der Waals surface area contributed by atoms with E-state index >= 15 is 0 Å². The maximum Gasteiger partial charge on any atom is 0.307 e. The van der Waals surface area contributed by atoms with Gasteiger partial charge in [0.15, 0.2) is 0 Å². The molecule has 0 aliphatic heterocycles. The predicted octanol–water partition coefficient (Wildman–Crippen LogP) is 1.72. The van der Waals surface area contributed by atoms with Crippen LogP contribution in [-0.4, -0.2) is 25.2 Å². The summed E-state index contributed by atoms with van der Waals surface area (Å²) in [5, 5.41) is 3.36. The van der Waals surface area contributed by atoms with E-state index in [-0.39, 0.29) is 11.5 Å². The zero-order valence-corrected chi connectivity index (χ0v) is 9.14. The van der Waals surface area contributed by atoms with Gasteiger partial charge in [0.2, 0.25) is 0 Å². The Morgan fingerprint density at radius 2 is 1.85 bits per heavy atom. The van der Waals surface area contributed by atoms with Crippen molar-refractivity contribution in [2.24, 2.45) is 0 Å². The van der Waals surface area contributed by atoms with Gasteiger partial charge in [-0.2, -0.15) is 0 Å². The lowest BCUT2D eigenvalue weighted by Gasteiger charge is -2.31. The molecule has 0 bridgehead atoms. The topological polar surface area (TPSA) is 38.3 Å². The van der Waals surface area contributed by atoms with Crippen LogP contribution in [-0.2, 0) is 9.53 Å². The van der Waals surface area contributed by atoms with E-state index in [1.165, 1.54) is 7.11 Å². The van der Waals surface area contributed by atoms with Crippen LogP contribution in [0.25, 0.3) is 0 Å². The van der Waals surface area contributed by atoms with Gasteiger partial charge in [-0.1, -0.05) is 20.8 Å². The molecule has 0 aromatic heterocycles. The molecule has 0 fully saturated rings. The molecule has 0 radical (unpaired) electrons. The van der Waals surface area contributed by atoms with Crippen molar-refractivity contribution in [2.45, 2.75) is 45.6 Å². The van der Waals surface area contributed by atoms with E-state index in [2.05, 4.69) is 30.8 Å². The Balaban J connectivity index is 4.28. The molecule has 0 aromatic carbocycles. The smallest absolute Gasteiger partial charge is 0.307 e. The second kappa shape index (κ2) is 5.97. The first-order valence-corrected chi connectivity index (χ1v) is 4.96. The van der Waals surface area contributed by atoms with Gasteiger partial charge in [-0.15, -0.1) is 0 Å². The molecular formula is C10H21NO2. The third kappa shape index (κ3) is 3.77. The van der Waals surface area contributed by atoms with Crippen molar-refractivity contribution in [3.63, 3.8) is 0 Å². The first kappa shape index (κ1) is 12.4. The molecule has 0 aromatic rings. The van der Waals surface area contributed by atoms with Gasteiger partial charge >= 0.3 is 5.97 Å². The third-order valence-corrected chi connectivity index (χ3v) is 2.62. The summed E-state index contributed by atoms with van der Waals surface area (Å²) in [6.07, 6.45) is 2.36. The summed E-state index contributed by atoms with van der Waals surface area (Å²) in [5.41, 5.74) is -0.0676. The van der Waals surface area contributed by atoms with Gasteiger partial charge in [-0.3, -0.25) is 4.79 Å². The average molecular weight is 187 g/mol. The summed E-state index contributed by atoms with van der Waals surface area (Å²) < 4.78 is 4.68. The minimum atomic E-state index is -0.135. The number of nitrogens with one attached hydrogen (secondary N) is 1.